The van der Waals surface area contributed by atoms with Crippen LogP contribution in [0.15, 0.2) is 29.1 Å². The molecule has 100 valence electrons. The molecule has 0 bridgehead atoms. The van der Waals surface area contributed by atoms with E-state index in [4.69, 9.17) is 17.3 Å². The summed E-state index contributed by atoms with van der Waals surface area (Å²) in [7, 11) is 0. The Bertz CT molecular complexity index is 682. The molecule has 1 aliphatic carbocycles. The first-order valence-corrected chi connectivity index (χ1v) is 6.88. The minimum atomic E-state index is -0.147. The smallest absolute Gasteiger partial charge is 0.294 e. The number of nitrogens with two attached hydrogens (primary N) is 1. The van der Waals surface area contributed by atoms with Gasteiger partial charge in [-0.3, -0.25) is 9.48 Å². The third-order valence-corrected chi connectivity index (χ3v) is 3.77. The number of aromatic nitrogens is 2. The Morgan fingerprint density at radius 3 is 2.74 bits per heavy atom. The molecule has 0 unspecified atom stereocenters. The molecule has 0 radical (unpaired) electrons. The molecule has 19 heavy (non-hydrogen) atoms. The van der Waals surface area contributed by atoms with Gasteiger partial charge in [-0.1, -0.05) is 17.7 Å². The number of benzene rings is 1. The number of hydrogen-bond acceptors (Lipinski definition) is 2. The van der Waals surface area contributed by atoms with Crippen molar-refractivity contribution >= 4 is 17.3 Å². The highest BCUT2D eigenvalue weighted by Gasteiger charge is 2.32. The van der Waals surface area contributed by atoms with Crippen molar-refractivity contribution in [3.05, 3.63) is 45.3 Å². The van der Waals surface area contributed by atoms with Crippen molar-refractivity contribution < 1.29 is 0 Å². The standard InChI is InChI=1S/C14H16ClN3O/c1-2-17-13(9-6-7-9)12(16)14(19)18(17)11-5-3-4-10(15)8-11/h3-5,8-9H,2,6-7,16H2,1H3. The molecule has 1 saturated carbocycles. The van der Waals surface area contributed by atoms with Crippen molar-refractivity contribution in [2.45, 2.75) is 32.2 Å². The van der Waals surface area contributed by atoms with Crippen LogP contribution in [0.1, 0.15) is 31.4 Å². The molecule has 0 spiro atoms. The maximum atomic E-state index is 12.4. The van der Waals surface area contributed by atoms with Crippen molar-refractivity contribution in [3.8, 4) is 5.69 Å². The monoisotopic (exact) mass is 277 g/mol. The fourth-order valence-electron chi connectivity index (χ4n) is 2.54. The second kappa shape index (κ2) is 4.46. The second-order valence-electron chi connectivity index (χ2n) is 4.89. The zero-order valence-corrected chi connectivity index (χ0v) is 11.5. The van der Waals surface area contributed by atoms with Crippen LogP contribution in [0.4, 0.5) is 5.69 Å². The van der Waals surface area contributed by atoms with Gasteiger partial charge in [0.15, 0.2) is 0 Å². The normalized spacial score (nSPS) is 14.8. The summed E-state index contributed by atoms with van der Waals surface area (Å²) < 4.78 is 3.61. The summed E-state index contributed by atoms with van der Waals surface area (Å²) in [5.74, 6) is 0.438. The van der Waals surface area contributed by atoms with Gasteiger partial charge in [0.1, 0.15) is 5.69 Å². The first kappa shape index (κ1) is 12.4. The number of nitrogen functional groups attached to an aromatic ring is 1. The van der Waals surface area contributed by atoms with Crippen LogP contribution in [0, 0.1) is 0 Å². The summed E-state index contributed by atoms with van der Waals surface area (Å²) in [5, 5.41) is 0.611. The van der Waals surface area contributed by atoms with E-state index in [1.807, 2.05) is 23.7 Å². The van der Waals surface area contributed by atoms with E-state index in [9.17, 15) is 4.79 Å². The molecule has 0 saturated heterocycles. The Morgan fingerprint density at radius 2 is 2.16 bits per heavy atom. The molecule has 1 fully saturated rings. The van der Waals surface area contributed by atoms with Gasteiger partial charge in [-0.05, 0) is 38.0 Å². The minimum Gasteiger partial charge on any atom is -0.393 e. The van der Waals surface area contributed by atoms with Crippen molar-refractivity contribution in [1.82, 2.24) is 9.36 Å². The summed E-state index contributed by atoms with van der Waals surface area (Å²) in [6.07, 6.45) is 2.23. The van der Waals surface area contributed by atoms with Crippen LogP contribution < -0.4 is 11.3 Å². The lowest BCUT2D eigenvalue weighted by atomic mass is 10.2. The molecule has 4 nitrogen and oxygen atoms in total. The Morgan fingerprint density at radius 1 is 1.42 bits per heavy atom. The van der Waals surface area contributed by atoms with Gasteiger partial charge in [0.25, 0.3) is 5.56 Å². The average molecular weight is 278 g/mol. The summed E-state index contributed by atoms with van der Waals surface area (Å²) in [6, 6.07) is 7.28. The number of hydrogen-bond donors (Lipinski definition) is 1. The third-order valence-electron chi connectivity index (χ3n) is 3.53. The lowest BCUT2D eigenvalue weighted by molar-refractivity contribution is 0.549. The third kappa shape index (κ3) is 1.96. The van der Waals surface area contributed by atoms with Gasteiger partial charge in [-0.2, -0.15) is 0 Å². The fraction of sp³-hybridized carbons (Fsp3) is 0.357. The number of rotatable bonds is 3. The predicted molar refractivity (Wildman–Crippen MR) is 77.1 cm³/mol. The van der Waals surface area contributed by atoms with Gasteiger partial charge in [0.05, 0.1) is 11.4 Å². The van der Waals surface area contributed by atoms with E-state index in [0.717, 1.165) is 24.2 Å². The molecular weight excluding hydrogens is 262 g/mol. The molecule has 2 N–H and O–H groups in total. The highest BCUT2D eigenvalue weighted by molar-refractivity contribution is 6.30. The minimum absolute atomic E-state index is 0.147. The highest BCUT2D eigenvalue weighted by Crippen LogP contribution is 2.42. The van der Waals surface area contributed by atoms with Crippen LogP contribution in [0.2, 0.25) is 5.02 Å². The van der Waals surface area contributed by atoms with Crippen LogP contribution in [0.3, 0.4) is 0 Å². The van der Waals surface area contributed by atoms with E-state index in [0.29, 0.717) is 23.2 Å². The van der Waals surface area contributed by atoms with E-state index in [1.54, 1.807) is 16.8 Å². The van der Waals surface area contributed by atoms with Crippen LogP contribution in [-0.4, -0.2) is 9.36 Å². The van der Waals surface area contributed by atoms with Gasteiger partial charge in [0, 0.05) is 17.5 Å². The quantitative estimate of drug-likeness (QED) is 0.938. The molecule has 1 heterocycles. The van der Waals surface area contributed by atoms with Crippen LogP contribution >= 0.6 is 11.6 Å². The molecule has 1 aromatic carbocycles. The molecule has 3 rings (SSSR count). The predicted octanol–water partition coefficient (Wildman–Crippen LogP) is 2.77. The summed E-state index contributed by atoms with van der Waals surface area (Å²) in [5.41, 5.74) is 7.98. The summed E-state index contributed by atoms with van der Waals surface area (Å²) >= 11 is 6.01. The topological polar surface area (TPSA) is 52.9 Å². The van der Waals surface area contributed by atoms with Crippen molar-refractivity contribution in [1.29, 1.82) is 0 Å². The Hall–Kier alpha value is -1.68. The van der Waals surface area contributed by atoms with Gasteiger partial charge in [0.2, 0.25) is 0 Å². The molecule has 0 amide bonds. The number of anilines is 1. The largest absolute Gasteiger partial charge is 0.393 e. The Kier molecular flexibility index (Phi) is 2.90. The summed E-state index contributed by atoms with van der Waals surface area (Å²) in [6.45, 7) is 2.73. The van der Waals surface area contributed by atoms with E-state index in [-0.39, 0.29) is 5.56 Å². The van der Waals surface area contributed by atoms with Crippen LogP contribution in [0.5, 0.6) is 0 Å². The Balaban J connectivity index is 2.26. The maximum absolute atomic E-state index is 12.4. The Labute approximate surface area is 116 Å². The van der Waals surface area contributed by atoms with Gasteiger partial charge in [-0.15, -0.1) is 0 Å². The zero-order valence-electron chi connectivity index (χ0n) is 10.8. The first-order chi connectivity index (χ1) is 9.13. The molecule has 0 aliphatic heterocycles. The summed E-state index contributed by atoms with van der Waals surface area (Å²) in [4.78, 5) is 12.4. The van der Waals surface area contributed by atoms with Gasteiger partial charge >= 0.3 is 0 Å². The van der Waals surface area contributed by atoms with Crippen LogP contribution in [-0.2, 0) is 6.54 Å². The van der Waals surface area contributed by atoms with Crippen LogP contribution in [0.25, 0.3) is 5.69 Å². The highest BCUT2D eigenvalue weighted by atomic mass is 35.5. The molecular formula is C14H16ClN3O. The number of nitrogens with zero attached hydrogens (tertiary/aromatic N) is 2. The lowest BCUT2D eigenvalue weighted by Gasteiger charge is -2.12. The maximum Gasteiger partial charge on any atom is 0.294 e. The molecule has 2 aromatic rings. The van der Waals surface area contributed by atoms with E-state index < -0.39 is 0 Å². The lowest BCUT2D eigenvalue weighted by Crippen LogP contribution is -2.22. The van der Waals surface area contributed by atoms with E-state index >= 15 is 0 Å². The van der Waals surface area contributed by atoms with Crippen molar-refractivity contribution in [2.75, 3.05) is 5.73 Å². The number of halogens is 1. The molecule has 0 atom stereocenters. The van der Waals surface area contributed by atoms with Crippen molar-refractivity contribution in [3.63, 3.8) is 0 Å². The molecule has 1 aromatic heterocycles. The fourth-order valence-corrected chi connectivity index (χ4v) is 2.73. The average Bonchev–Trinajstić information content (AvgIpc) is 3.18. The first-order valence-electron chi connectivity index (χ1n) is 6.50. The van der Waals surface area contributed by atoms with E-state index in [2.05, 4.69) is 0 Å². The van der Waals surface area contributed by atoms with E-state index in [1.165, 1.54) is 0 Å². The zero-order chi connectivity index (χ0) is 13.6. The van der Waals surface area contributed by atoms with Gasteiger partial charge < -0.3 is 5.73 Å². The molecule has 5 heteroatoms. The second-order valence-corrected chi connectivity index (χ2v) is 5.32. The van der Waals surface area contributed by atoms with Crippen molar-refractivity contribution in [2.24, 2.45) is 0 Å². The molecule has 1 aliphatic rings. The SMILES string of the molecule is CCn1c(C2CC2)c(N)c(=O)n1-c1cccc(Cl)c1. The van der Waals surface area contributed by atoms with Gasteiger partial charge in [-0.25, -0.2) is 4.68 Å².